The second kappa shape index (κ2) is 6.33. The van der Waals surface area contributed by atoms with Crippen LogP contribution in [0.4, 0.5) is 0 Å². The van der Waals surface area contributed by atoms with Crippen molar-refractivity contribution in [2.24, 2.45) is 0 Å². The van der Waals surface area contributed by atoms with Gasteiger partial charge in [-0.2, -0.15) is 0 Å². The Balaban J connectivity index is 2.40. The first-order chi connectivity index (χ1) is 7.09. The fourth-order valence-corrected chi connectivity index (χ4v) is 1.58. The van der Waals surface area contributed by atoms with Gasteiger partial charge in [0.25, 0.3) is 0 Å². The highest BCUT2D eigenvalue weighted by Crippen LogP contribution is 2.20. The zero-order valence-electron chi connectivity index (χ0n) is 9.06. The smallest absolute Gasteiger partial charge is 0.0451 e. The average Bonchev–Trinajstić information content (AvgIpc) is 2.17. The van der Waals surface area contributed by atoms with Gasteiger partial charge in [-0.05, 0) is 37.9 Å². The van der Waals surface area contributed by atoms with Crippen molar-refractivity contribution in [2.45, 2.75) is 6.54 Å². The molecule has 0 spiro atoms. The van der Waals surface area contributed by atoms with E-state index in [0.29, 0.717) is 0 Å². The molecular weight excluding hydrogens is 231 g/mol. The number of nitrogens with zero attached hydrogens (tertiary/aromatic N) is 1. The Labute approximate surface area is 101 Å². The van der Waals surface area contributed by atoms with Crippen LogP contribution in [0, 0.1) is 0 Å². The third-order valence-corrected chi connectivity index (χ3v) is 2.66. The maximum atomic E-state index is 6.03. The highest BCUT2D eigenvalue weighted by atomic mass is 35.5. The molecule has 0 amide bonds. The Morgan fingerprint density at radius 3 is 2.67 bits per heavy atom. The number of benzene rings is 1. The topological polar surface area (TPSA) is 15.3 Å². The molecule has 0 aliphatic carbocycles. The molecule has 1 aromatic carbocycles. The fraction of sp³-hybridized carbons (Fsp3) is 0.455. The summed E-state index contributed by atoms with van der Waals surface area (Å²) in [5.41, 5.74) is 1.04. The Morgan fingerprint density at radius 1 is 1.27 bits per heavy atom. The number of hydrogen-bond donors (Lipinski definition) is 1. The van der Waals surface area contributed by atoms with Crippen molar-refractivity contribution in [1.29, 1.82) is 0 Å². The average molecular weight is 247 g/mol. The lowest BCUT2D eigenvalue weighted by atomic mass is 10.2. The Hall–Kier alpha value is -0.280. The summed E-state index contributed by atoms with van der Waals surface area (Å²) >= 11 is 11.9. The summed E-state index contributed by atoms with van der Waals surface area (Å²) in [6.07, 6.45) is 0. The van der Waals surface area contributed by atoms with Crippen molar-refractivity contribution in [1.82, 2.24) is 10.2 Å². The first-order valence-corrected chi connectivity index (χ1v) is 5.64. The molecule has 0 heterocycles. The zero-order valence-corrected chi connectivity index (χ0v) is 10.6. The largest absolute Gasteiger partial charge is 0.311 e. The molecule has 2 nitrogen and oxygen atoms in total. The summed E-state index contributed by atoms with van der Waals surface area (Å²) in [4.78, 5) is 2.13. The third-order valence-electron chi connectivity index (χ3n) is 2.06. The lowest BCUT2D eigenvalue weighted by Gasteiger charge is -2.11. The quantitative estimate of drug-likeness (QED) is 0.804. The predicted molar refractivity (Wildman–Crippen MR) is 66.7 cm³/mol. The summed E-state index contributed by atoms with van der Waals surface area (Å²) in [6.45, 7) is 2.71. The lowest BCUT2D eigenvalue weighted by molar-refractivity contribution is 0.400. The van der Waals surface area contributed by atoms with E-state index in [1.54, 1.807) is 6.07 Å². The van der Waals surface area contributed by atoms with Gasteiger partial charge in [-0.25, -0.2) is 0 Å². The van der Waals surface area contributed by atoms with E-state index >= 15 is 0 Å². The minimum atomic E-state index is 0.726. The molecule has 0 aliphatic heterocycles. The fourth-order valence-electron chi connectivity index (χ4n) is 1.20. The number of halogens is 2. The number of hydrogen-bond acceptors (Lipinski definition) is 2. The summed E-state index contributed by atoms with van der Waals surface area (Å²) in [6, 6.07) is 5.52. The van der Waals surface area contributed by atoms with E-state index in [1.807, 2.05) is 26.2 Å². The van der Waals surface area contributed by atoms with E-state index in [9.17, 15) is 0 Å². The van der Waals surface area contributed by atoms with Gasteiger partial charge in [-0.15, -0.1) is 0 Å². The van der Waals surface area contributed by atoms with Crippen LogP contribution in [0.15, 0.2) is 18.2 Å². The van der Waals surface area contributed by atoms with Gasteiger partial charge in [-0.1, -0.05) is 23.2 Å². The molecule has 0 radical (unpaired) electrons. The van der Waals surface area contributed by atoms with Crippen molar-refractivity contribution in [3.8, 4) is 0 Å². The molecule has 15 heavy (non-hydrogen) atoms. The first-order valence-electron chi connectivity index (χ1n) is 4.89. The van der Waals surface area contributed by atoms with Gasteiger partial charge in [0.2, 0.25) is 0 Å². The molecule has 0 saturated heterocycles. The predicted octanol–water partition coefficient (Wildman–Crippen LogP) is 2.64. The molecule has 1 aromatic rings. The van der Waals surface area contributed by atoms with Gasteiger partial charge in [0.1, 0.15) is 0 Å². The summed E-state index contributed by atoms with van der Waals surface area (Å²) < 4.78 is 0. The van der Waals surface area contributed by atoms with Crippen LogP contribution in [0.2, 0.25) is 10.0 Å². The van der Waals surface area contributed by atoms with E-state index in [1.165, 1.54) is 0 Å². The van der Waals surface area contributed by atoms with Crippen molar-refractivity contribution in [2.75, 3.05) is 27.2 Å². The summed E-state index contributed by atoms with van der Waals surface area (Å²) in [7, 11) is 4.10. The Bertz CT molecular complexity index is 313. The minimum Gasteiger partial charge on any atom is -0.311 e. The van der Waals surface area contributed by atoms with E-state index in [2.05, 4.69) is 10.2 Å². The van der Waals surface area contributed by atoms with Crippen LogP contribution in [-0.4, -0.2) is 32.1 Å². The molecular formula is C11H16Cl2N2. The second-order valence-corrected chi connectivity index (χ2v) is 4.56. The lowest BCUT2D eigenvalue weighted by Crippen LogP contribution is -2.26. The zero-order chi connectivity index (χ0) is 11.3. The normalized spacial score (nSPS) is 11.0. The van der Waals surface area contributed by atoms with Crippen molar-refractivity contribution in [3.63, 3.8) is 0 Å². The van der Waals surface area contributed by atoms with E-state index < -0.39 is 0 Å². The molecule has 4 heteroatoms. The molecule has 84 valence electrons. The molecule has 0 atom stereocenters. The van der Waals surface area contributed by atoms with Crippen LogP contribution in [0.5, 0.6) is 0 Å². The van der Waals surface area contributed by atoms with Gasteiger partial charge in [0, 0.05) is 29.7 Å². The van der Waals surface area contributed by atoms with Crippen LogP contribution in [0.25, 0.3) is 0 Å². The van der Waals surface area contributed by atoms with Gasteiger partial charge in [0.05, 0.1) is 0 Å². The second-order valence-electron chi connectivity index (χ2n) is 3.72. The maximum absolute atomic E-state index is 6.03. The van der Waals surface area contributed by atoms with E-state index in [4.69, 9.17) is 23.2 Å². The molecule has 0 saturated carbocycles. The van der Waals surface area contributed by atoms with Crippen LogP contribution in [0.3, 0.4) is 0 Å². The Morgan fingerprint density at radius 2 is 2.00 bits per heavy atom. The van der Waals surface area contributed by atoms with Gasteiger partial charge >= 0.3 is 0 Å². The molecule has 0 unspecified atom stereocenters. The van der Waals surface area contributed by atoms with Gasteiger partial charge in [0.15, 0.2) is 0 Å². The standard InChI is InChI=1S/C11H16Cl2N2/c1-15(2)6-5-14-8-9-7-10(12)3-4-11(9)13/h3-4,7,14H,5-6,8H2,1-2H3. The molecule has 0 aromatic heterocycles. The van der Waals surface area contributed by atoms with Gasteiger partial charge in [-0.3, -0.25) is 0 Å². The van der Waals surface area contributed by atoms with E-state index in [-0.39, 0.29) is 0 Å². The SMILES string of the molecule is CN(C)CCNCc1cc(Cl)ccc1Cl. The van der Waals surface area contributed by atoms with Gasteiger partial charge < -0.3 is 10.2 Å². The first kappa shape index (κ1) is 12.8. The van der Waals surface area contributed by atoms with Crippen LogP contribution in [0.1, 0.15) is 5.56 Å². The van der Waals surface area contributed by atoms with E-state index in [0.717, 1.165) is 35.2 Å². The van der Waals surface area contributed by atoms with Crippen molar-refractivity contribution in [3.05, 3.63) is 33.8 Å². The number of likely N-dealkylation sites (N-methyl/N-ethyl adjacent to an activating group) is 1. The molecule has 0 aliphatic rings. The minimum absolute atomic E-state index is 0.726. The van der Waals surface area contributed by atoms with Crippen molar-refractivity contribution >= 4 is 23.2 Å². The summed E-state index contributed by atoms with van der Waals surface area (Å²) in [5.74, 6) is 0. The maximum Gasteiger partial charge on any atom is 0.0451 e. The monoisotopic (exact) mass is 246 g/mol. The molecule has 0 fully saturated rings. The number of rotatable bonds is 5. The van der Waals surface area contributed by atoms with Crippen molar-refractivity contribution < 1.29 is 0 Å². The highest BCUT2D eigenvalue weighted by Gasteiger charge is 2.00. The van der Waals surface area contributed by atoms with Crippen LogP contribution in [-0.2, 0) is 6.54 Å². The third kappa shape index (κ3) is 4.85. The molecule has 0 bridgehead atoms. The molecule has 1 N–H and O–H groups in total. The van der Waals surface area contributed by atoms with Crippen LogP contribution >= 0.6 is 23.2 Å². The molecule has 1 rings (SSSR count). The van der Waals surface area contributed by atoms with Crippen LogP contribution < -0.4 is 5.32 Å². The highest BCUT2D eigenvalue weighted by molar-refractivity contribution is 6.33. The Kier molecular flexibility index (Phi) is 5.40. The summed E-state index contributed by atoms with van der Waals surface area (Å²) in [5, 5.41) is 4.80. The number of nitrogens with one attached hydrogen (secondary N) is 1.